The lowest BCUT2D eigenvalue weighted by Gasteiger charge is -2.18. The van der Waals surface area contributed by atoms with Gasteiger partial charge in [-0.3, -0.25) is 9.59 Å². The second-order valence-electron chi connectivity index (χ2n) is 7.27. The van der Waals surface area contributed by atoms with Crippen LogP contribution in [0.3, 0.4) is 0 Å². The van der Waals surface area contributed by atoms with E-state index in [0.29, 0.717) is 33.3 Å². The van der Waals surface area contributed by atoms with Gasteiger partial charge in [0.15, 0.2) is 0 Å². The highest BCUT2D eigenvalue weighted by molar-refractivity contribution is 6.47. The molecular formula is C25H21ClN2O3. The predicted molar refractivity (Wildman–Crippen MR) is 123 cm³/mol. The average Bonchev–Trinajstić information content (AvgIpc) is 2.99. The van der Waals surface area contributed by atoms with Crippen LogP contribution >= 0.6 is 11.6 Å². The van der Waals surface area contributed by atoms with Crippen molar-refractivity contribution in [2.24, 2.45) is 0 Å². The Balaban J connectivity index is 1.90. The fourth-order valence-electron chi connectivity index (χ4n) is 3.67. The van der Waals surface area contributed by atoms with Gasteiger partial charge in [-0.25, -0.2) is 4.90 Å². The molecule has 1 N–H and O–H groups in total. The number of hydrogen-bond acceptors (Lipinski definition) is 4. The van der Waals surface area contributed by atoms with E-state index in [1.807, 2.05) is 37.3 Å². The zero-order valence-corrected chi connectivity index (χ0v) is 18.2. The maximum atomic E-state index is 13.6. The van der Waals surface area contributed by atoms with Gasteiger partial charge in [0.25, 0.3) is 11.8 Å². The quantitative estimate of drug-likeness (QED) is 0.551. The minimum Gasteiger partial charge on any atom is -0.496 e. The molecule has 6 heteroatoms. The molecule has 0 saturated heterocycles. The number of amides is 2. The van der Waals surface area contributed by atoms with Gasteiger partial charge in [0.05, 0.1) is 18.4 Å². The van der Waals surface area contributed by atoms with E-state index in [-0.39, 0.29) is 11.3 Å². The Bertz CT molecular complexity index is 1230. The van der Waals surface area contributed by atoms with Gasteiger partial charge in [0.1, 0.15) is 11.4 Å². The number of para-hydroxylation sites is 1. The summed E-state index contributed by atoms with van der Waals surface area (Å²) in [5, 5.41) is 3.66. The molecule has 4 rings (SSSR count). The molecule has 156 valence electrons. The molecule has 5 nitrogen and oxygen atoms in total. The molecule has 0 atom stereocenters. The molecule has 2 amide bonds. The van der Waals surface area contributed by atoms with Gasteiger partial charge in [0, 0.05) is 16.3 Å². The lowest BCUT2D eigenvalue weighted by molar-refractivity contribution is -0.120. The van der Waals surface area contributed by atoms with E-state index in [1.54, 1.807) is 43.3 Å². The number of anilines is 2. The van der Waals surface area contributed by atoms with E-state index in [0.717, 1.165) is 5.56 Å². The van der Waals surface area contributed by atoms with Crippen molar-refractivity contribution < 1.29 is 14.3 Å². The van der Waals surface area contributed by atoms with Crippen molar-refractivity contribution in [3.8, 4) is 5.75 Å². The molecule has 0 aromatic heterocycles. The molecule has 0 bridgehead atoms. The Kier molecular flexibility index (Phi) is 5.53. The minimum atomic E-state index is -0.447. The van der Waals surface area contributed by atoms with Crippen molar-refractivity contribution in [3.05, 3.63) is 94.1 Å². The number of halogens is 1. The Morgan fingerprint density at radius 2 is 1.65 bits per heavy atom. The van der Waals surface area contributed by atoms with E-state index in [4.69, 9.17) is 16.3 Å². The molecule has 3 aromatic rings. The van der Waals surface area contributed by atoms with Crippen molar-refractivity contribution in [1.29, 1.82) is 0 Å². The van der Waals surface area contributed by atoms with Crippen LogP contribution in [0, 0.1) is 13.8 Å². The Morgan fingerprint density at radius 3 is 2.39 bits per heavy atom. The minimum absolute atomic E-state index is 0.194. The lowest BCUT2D eigenvalue weighted by atomic mass is 10.0. The summed E-state index contributed by atoms with van der Waals surface area (Å²) >= 11 is 6.27. The smallest absolute Gasteiger partial charge is 0.282 e. The van der Waals surface area contributed by atoms with E-state index < -0.39 is 11.8 Å². The van der Waals surface area contributed by atoms with E-state index >= 15 is 0 Å². The molecule has 1 heterocycles. The van der Waals surface area contributed by atoms with Gasteiger partial charge in [0.2, 0.25) is 0 Å². The molecule has 0 saturated carbocycles. The molecule has 0 aliphatic carbocycles. The number of carbonyl (C=O) groups excluding carboxylic acids is 2. The number of methoxy groups -OCH3 is 1. The predicted octanol–water partition coefficient (Wildman–Crippen LogP) is 5.36. The van der Waals surface area contributed by atoms with Crippen LogP contribution in [0.2, 0.25) is 5.02 Å². The first-order valence-electron chi connectivity index (χ1n) is 9.77. The summed E-state index contributed by atoms with van der Waals surface area (Å²) in [6.45, 7) is 3.75. The van der Waals surface area contributed by atoms with Crippen molar-refractivity contribution in [2.45, 2.75) is 13.8 Å². The average molecular weight is 433 g/mol. The first-order valence-corrected chi connectivity index (χ1v) is 10.2. The summed E-state index contributed by atoms with van der Waals surface area (Å²) in [4.78, 5) is 28.3. The van der Waals surface area contributed by atoms with Gasteiger partial charge in [-0.1, -0.05) is 48.0 Å². The van der Waals surface area contributed by atoms with Crippen LogP contribution < -0.4 is 15.0 Å². The van der Waals surface area contributed by atoms with Crippen LogP contribution in [0.5, 0.6) is 5.75 Å². The fraction of sp³-hybridized carbons (Fsp3) is 0.120. The molecule has 0 fully saturated rings. The number of rotatable bonds is 5. The highest BCUT2D eigenvalue weighted by atomic mass is 35.5. The molecule has 1 aliphatic rings. The molecule has 0 unspecified atom stereocenters. The molecule has 1 aliphatic heterocycles. The first kappa shape index (κ1) is 20.7. The number of imide groups is 1. The second-order valence-corrected chi connectivity index (χ2v) is 7.68. The number of nitrogens with zero attached hydrogens (tertiary/aromatic N) is 1. The van der Waals surface area contributed by atoms with Crippen LogP contribution in [0.4, 0.5) is 11.4 Å². The number of nitrogens with one attached hydrogen (secondary N) is 1. The van der Waals surface area contributed by atoms with E-state index in [1.165, 1.54) is 12.0 Å². The van der Waals surface area contributed by atoms with E-state index in [9.17, 15) is 9.59 Å². The number of carbonyl (C=O) groups is 2. The third-order valence-electron chi connectivity index (χ3n) is 5.23. The van der Waals surface area contributed by atoms with Gasteiger partial charge in [-0.15, -0.1) is 0 Å². The van der Waals surface area contributed by atoms with Crippen LogP contribution in [0.25, 0.3) is 5.57 Å². The van der Waals surface area contributed by atoms with Crippen molar-refractivity contribution in [1.82, 2.24) is 0 Å². The summed E-state index contributed by atoms with van der Waals surface area (Å²) in [5.41, 5.74) is 3.85. The standard InChI is InChI=1S/C25H21ClN2O3/c1-15-8-6-9-17(14-15)27-23-22(18-10-4-5-13-21(18)31-3)24(29)28(25(23)30)20-12-7-11-19(26)16(20)2/h4-14,27H,1-3H3. The van der Waals surface area contributed by atoms with Gasteiger partial charge >= 0.3 is 0 Å². The van der Waals surface area contributed by atoms with Crippen LogP contribution in [-0.4, -0.2) is 18.9 Å². The van der Waals surface area contributed by atoms with Crippen molar-refractivity contribution in [3.63, 3.8) is 0 Å². The third kappa shape index (κ3) is 3.68. The monoisotopic (exact) mass is 432 g/mol. The molecule has 0 radical (unpaired) electrons. The zero-order valence-electron chi connectivity index (χ0n) is 17.4. The maximum absolute atomic E-state index is 13.6. The molecular weight excluding hydrogens is 412 g/mol. The van der Waals surface area contributed by atoms with Crippen molar-refractivity contribution in [2.75, 3.05) is 17.3 Å². The number of ether oxygens (including phenoxy) is 1. The topological polar surface area (TPSA) is 58.6 Å². The highest BCUT2D eigenvalue weighted by Crippen LogP contribution is 2.39. The number of hydrogen-bond donors (Lipinski definition) is 1. The molecule has 31 heavy (non-hydrogen) atoms. The normalized spacial score (nSPS) is 13.7. The first-order chi connectivity index (χ1) is 14.9. The highest BCUT2D eigenvalue weighted by Gasteiger charge is 2.41. The maximum Gasteiger partial charge on any atom is 0.282 e. The summed E-state index contributed by atoms with van der Waals surface area (Å²) < 4.78 is 5.48. The van der Waals surface area contributed by atoms with Crippen LogP contribution in [-0.2, 0) is 9.59 Å². The Labute approximate surface area is 185 Å². The summed E-state index contributed by atoms with van der Waals surface area (Å²) in [7, 11) is 1.53. The van der Waals surface area contributed by atoms with Gasteiger partial charge in [-0.2, -0.15) is 0 Å². The summed E-state index contributed by atoms with van der Waals surface area (Å²) in [6, 6.07) is 19.9. The van der Waals surface area contributed by atoms with E-state index in [2.05, 4.69) is 5.32 Å². The summed E-state index contributed by atoms with van der Waals surface area (Å²) in [6.07, 6.45) is 0. The lowest BCUT2D eigenvalue weighted by Crippen LogP contribution is -2.33. The Morgan fingerprint density at radius 1 is 0.903 bits per heavy atom. The summed E-state index contributed by atoms with van der Waals surface area (Å²) in [5.74, 6) is -0.375. The van der Waals surface area contributed by atoms with Gasteiger partial charge in [-0.05, 0) is 55.3 Å². The second kappa shape index (κ2) is 8.28. The third-order valence-corrected chi connectivity index (χ3v) is 5.64. The largest absolute Gasteiger partial charge is 0.496 e. The number of benzene rings is 3. The van der Waals surface area contributed by atoms with Crippen LogP contribution in [0.1, 0.15) is 16.7 Å². The molecule has 3 aromatic carbocycles. The molecule has 0 spiro atoms. The van der Waals surface area contributed by atoms with Gasteiger partial charge < -0.3 is 10.1 Å². The Hall–Kier alpha value is -3.57. The van der Waals surface area contributed by atoms with Crippen molar-refractivity contribution >= 4 is 40.4 Å². The SMILES string of the molecule is COc1ccccc1C1=C(Nc2cccc(C)c2)C(=O)N(c2cccc(Cl)c2C)C1=O. The fourth-order valence-corrected chi connectivity index (χ4v) is 3.84. The number of aryl methyl sites for hydroxylation is 1. The van der Waals surface area contributed by atoms with Crippen LogP contribution in [0.15, 0.2) is 72.4 Å². The zero-order chi connectivity index (χ0) is 22.1.